The van der Waals surface area contributed by atoms with Gasteiger partial charge in [0.1, 0.15) is 0 Å². The van der Waals surface area contributed by atoms with Crippen molar-refractivity contribution in [2.45, 2.75) is 31.2 Å². The van der Waals surface area contributed by atoms with E-state index in [4.69, 9.17) is 5.73 Å². The van der Waals surface area contributed by atoms with Crippen molar-refractivity contribution in [2.24, 2.45) is 5.73 Å². The monoisotopic (exact) mass is 344 g/mol. The molecular weight excluding hydrogens is 324 g/mol. The predicted molar refractivity (Wildman–Crippen MR) is 96.5 cm³/mol. The third-order valence-electron chi connectivity index (χ3n) is 3.54. The van der Waals surface area contributed by atoms with Crippen LogP contribution in [-0.4, -0.2) is 23.0 Å². The van der Waals surface area contributed by atoms with Crippen molar-refractivity contribution in [3.8, 4) is 0 Å². The number of thioether (sulfide) groups is 1. The topological polar surface area (TPSA) is 55.1 Å². The number of benzene rings is 1. The van der Waals surface area contributed by atoms with Gasteiger partial charge in [-0.15, -0.1) is 23.7 Å². The van der Waals surface area contributed by atoms with E-state index >= 15 is 0 Å². The second-order valence-corrected chi connectivity index (χ2v) is 7.70. The fourth-order valence-corrected chi connectivity index (χ4v) is 3.00. The van der Waals surface area contributed by atoms with Crippen LogP contribution >= 0.6 is 35.5 Å². The number of amides is 1. The van der Waals surface area contributed by atoms with Gasteiger partial charge < -0.3 is 11.1 Å². The van der Waals surface area contributed by atoms with Crippen molar-refractivity contribution in [3.63, 3.8) is 0 Å². The van der Waals surface area contributed by atoms with Crippen molar-refractivity contribution in [3.05, 3.63) is 35.2 Å². The Morgan fingerprint density at radius 2 is 2.14 bits per heavy atom. The zero-order valence-electron chi connectivity index (χ0n) is 12.4. The number of nitrogens with two attached hydrogens (primary N) is 1. The summed E-state index contributed by atoms with van der Waals surface area (Å²) < 4.78 is 1.00. The number of carbonyl (C=O) groups excluding carboxylic acids is 1. The van der Waals surface area contributed by atoms with Gasteiger partial charge in [-0.05, 0) is 54.6 Å². The van der Waals surface area contributed by atoms with Crippen LogP contribution in [0.5, 0.6) is 0 Å². The molecular formula is C15H21ClN2OS2. The summed E-state index contributed by atoms with van der Waals surface area (Å²) in [6.45, 7) is 4.49. The Balaban J connectivity index is 0.00000220. The molecule has 0 spiro atoms. The van der Waals surface area contributed by atoms with E-state index in [-0.39, 0.29) is 23.1 Å². The zero-order valence-corrected chi connectivity index (χ0v) is 14.8. The molecule has 116 valence electrons. The molecule has 0 radical (unpaired) electrons. The Morgan fingerprint density at radius 1 is 1.43 bits per heavy atom. The molecule has 3 nitrogen and oxygen atoms in total. The summed E-state index contributed by atoms with van der Waals surface area (Å²) in [5.74, 6) is -0.102. The van der Waals surface area contributed by atoms with Crippen LogP contribution in [-0.2, 0) is 11.3 Å². The van der Waals surface area contributed by atoms with E-state index in [2.05, 4.69) is 28.9 Å². The summed E-state index contributed by atoms with van der Waals surface area (Å²) in [5.41, 5.74) is 7.11. The fraction of sp³-hybridized carbons (Fsp3) is 0.400. The Morgan fingerprint density at radius 3 is 2.81 bits per heavy atom. The van der Waals surface area contributed by atoms with Crippen LogP contribution in [0.4, 0.5) is 0 Å². The summed E-state index contributed by atoms with van der Waals surface area (Å²) in [6, 6.07) is 7.82. The summed E-state index contributed by atoms with van der Waals surface area (Å²) in [7, 11) is 0. The molecule has 3 N–H and O–H groups in total. The van der Waals surface area contributed by atoms with Crippen molar-refractivity contribution in [1.29, 1.82) is 0 Å². The lowest BCUT2D eigenvalue weighted by Crippen LogP contribution is -2.51. The highest BCUT2D eigenvalue weighted by Gasteiger charge is 2.30. The average Bonchev–Trinajstić information content (AvgIpc) is 2.91. The van der Waals surface area contributed by atoms with Crippen LogP contribution in [0.2, 0.25) is 0 Å². The predicted octanol–water partition coefficient (Wildman–Crippen LogP) is 3.41. The minimum atomic E-state index is -0.512. The highest BCUT2D eigenvalue weighted by atomic mass is 35.5. The van der Waals surface area contributed by atoms with E-state index in [0.717, 1.165) is 5.56 Å². The standard InChI is InChI=1S/C15H20N2OS2.ClH/c1-15(2,19-3)13(16)14(18)17-9-10-4-5-12-11(8-10)6-7-20-12;/h4-8,13H,9,16H2,1-3H3,(H,17,18);1H/t13-;/m1./s1. The summed E-state index contributed by atoms with van der Waals surface area (Å²) in [4.78, 5) is 12.1. The Kier molecular flexibility index (Phi) is 6.53. The van der Waals surface area contributed by atoms with Gasteiger partial charge in [0.25, 0.3) is 0 Å². The third kappa shape index (κ3) is 4.36. The molecule has 0 aliphatic carbocycles. The third-order valence-corrected chi connectivity index (χ3v) is 5.75. The molecule has 0 saturated heterocycles. The van der Waals surface area contributed by atoms with E-state index in [1.165, 1.54) is 10.1 Å². The molecule has 1 aromatic carbocycles. The number of thiophene rings is 1. The first kappa shape index (κ1) is 18.3. The molecule has 6 heteroatoms. The first-order chi connectivity index (χ1) is 9.44. The summed E-state index contributed by atoms with van der Waals surface area (Å²) in [5, 5.41) is 6.21. The molecule has 21 heavy (non-hydrogen) atoms. The van der Waals surface area contributed by atoms with Crippen LogP contribution in [0.25, 0.3) is 10.1 Å². The summed E-state index contributed by atoms with van der Waals surface area (Å²) in [6.07, 6.45) is 1.97. The number of fused-ring (bicyclic) bond motifs is 1. The van der Waals surface area contributed by atoms with Crippen LogP contribution in [0.15, 0.2) is 29.6 Å². The minimum absolute atomic E-state index is 0. The van der Waals surface area contributed by atoms with Crippen molar-refractivity contribution in [1.82, 2.24) is 5.32 Å². The molecule has 0 unspecified atom stereocenters. The number of halogens is 1. The normalized spacial score (nSPS) is 12.8. The Bertz CT molecular complexity index is 612. The molecule has 0 aliphatic heterocycles. The van der Waals surface area contributed by atoms with E-state index in [1.807, 2.05) is 26.2 Å². The maximum absolute atomic E-state index is 12.1. The van der Waals surface area contributed by atoms with Gasteiger partial charge in [0, 0.05) is 16.0 Å². The number of hydrogen-bond donors (Lipinski definition) is 2. The molecule has 1 heterocycles. The number of carbonyl (C=O) groups is 1. The molecule has 0 saturated carbocycles. The van der Waals surface area contributed by atoms with E-state index in [1.54, 1.807) is 23.1 Å². The molecule has 1 amide bonds. The molecule has 2 aromatic rings. The lowest BCUT2D eigenvalue weighted by atomic mass is 10.0. The first-order valence-corrected chi connectivity index (χ1v) is 8.59. The number of nitrogens with one attached hydrogen (secondary N) is 1. The highest BCUT2D eigenvalue weighted by Crippen LogP contribution is 2.24. The smallest absolute Gasteiger partial charge is 0.238 e. The largest absolute Gasteiger partial charge is 0.351 e. The van der Waals surface area contributed by atoms with Gasteiger partial charge >= 0.3 is 0 Å². The zero-order chi connectivity index (χ0) is 14.8. The van der Waals surface area contributed by atoms with Crippen LogP contribution in [0.1, 0.15) is 19.4 Å². The van der Waals surface area contributed by atoms with Gasteiger partial charge in [-0.25, -0.2) is 0 Å². The SMILES string of the molecule is CSC(C)(C)[C@H](N)C(=O)NCc1ccc2sccc2c1.Cl. The van der Waals surface area contributed by atoms with Gasteiger partial charge in [0.2, 0.25) is 5.91 Å². The van der Waals surface area contributed by atoms with Crippen molar-refractivity contribution >= 4 is 51.5 Å². The quantitative estimate of drug-likeness (QED) is 0.873. The average molecular weight is 345 g/mol. The number of hydrogen-bond acceptors (Lipinski definition) is 4. The van der Waals surface area contributed by atoms with E-state index in [0.29, 0.717) is 6.54 Å². The molecule has 0 aliphatic rings. The van der Waals surface area contributed by atoms with Gasteiger partial charge in [0.05, 0.1) is 6.04 Å². The van der Waals surface area contributed by atoms with Gasteiger partial charge in [0.15, 0.2) is 0 Å². The second-order valence-electron chi connectivity index (χ2n) is 5.30. The van der Waals surface area contributed by atoms with Crippen molar-refractivity contribution in [2.75, 3.05) is 6.26 Å². The Labute approximate surface area is 140 Å². The van der Waals surface area contributed by atoms with Crippen LogP contribution in [0, 0.1) is 0 Å². The number of rotatable bonds is 5. The molecule has 0 bridgehead atoms. The van der Waals surface area contributed by atoms with Gasteiger partial charge in [-0.2, -0.15) is 11.8 Å². The lowest BCUT2D eigenvalue weighted by Gasteiger charge is -2.28. The Hall–Kier alpha value is -0.750. The first-order valence-electron chi connectivity index (χ1n) is 6.48. The van der Waals surface area contributed by atoms with E-state index < -0.39 is 6.04 Å². The van der Waals surface area contributed by atoms with E-state index in [9.17, 15) is 4.79 Å². The second kappa shape index (κ2) is 7.49. The molecule has 1 atom stereocenters. The highest BCUT2D eigenvalue weighted by molar-refractivity contribution is 8.00. The lowest BCUT2D eigenvalue weighted by molar-refractivity contribution is -0.123. The maximum atomic E-state index is 12.1. The van der Waals surface area contributed by atoms with Crippen molar-refractivity contribution < 1.29 is 4.79 Å². The molecule has 0 fully saturated rings. The van der Waals surface area contributed by atoms with Gasteiger partial charge in [-0.3, -0.25) is 4.79 Å². The maximum Gasteiger partial charge on any atom is 0.238 e. The van der Waals surface area contributed by atoms with Gasteiger partial charge in [-0.1, -0.05) is 6.07 Å². The molecule has 2 rings (SSSR count). The van der Waals surface area contributed by atoms with Crippen LogP contribution in [0.3, 0.4) is 0 Å². The van der Waals surface area contributed by atoms with Crippen LogP contribution < -0.4 is 11.1 Å². The molecule has 1 aromatic heterocycles. The summed E-state index contributed by atoms with van der Waals surface area (Å²) >= 11 is 3.33. The fourth-order valence-electron chi connectivity index (χ4n) is 1.87. The minimum Gasteiger partial charge on any atom is -0.351 e.